The highest BCUT2D eigenvalue weighted by atomic mass is 32.1. The third kappa shape index (κ3) is 3.51. The summed E-state index contributed by atoms with van der Waals surface area (Å²) in [6, 6.07) is 9.55. The van der Waals surface area contributed by atoms with Crippen LogP contribution in [0.5, 0.6) is 0 Å². The number of H-pyrrole nitrogens is 1. The summed E-state index contributed by atoms with van der Waals surface area (Å²) >= 11 is 1.50. The molecule has 1 atom stereocenters. The van der Waals surface area contributed by atoms with Crippen LogP contribution in [0.2, 0.25) is 0 Å². The predicted molar refractivity (Wildman–Crippen MR) is 132 cm³/mol. The van der Waals surface area contributed by atoms with Crippen molar-refractivity contribution in [3.8, 4) is 0 Å². The molecular weight excluding hydrogens is 434 g/mol. The van der Waals surface area contributed by atoms with Crippen LogP contribution in [-0.4, -0.2) is 29.5 Å². The Hall–Kier alpha value is -3.82. The van der Waals surface area contributed by atoms with E-state index in [1.54, 1.807) is 18.5 Å². The number of thiazole rings is 1. The summed E-state index contributed by atoms with van der Waals surface area (Å²) in [5.41, 5.74) is 11.3. The van der Waals surface area contributed by atoms with Crippen molar-refractivity contribution in [3.63, 3.8) is 0 Å². The normalized spacial score (nSPS) is 13.1. The van der Waals surface area contributed by atoms with E-state index in [-0.39, 0.29) is 11.6 Å². The Morgan fingerprint density at radius 3 is 2.79 bits per heavy atom. The number of aryl methyl sites for hydroxylation is 2. The lowest BCUT2D eigenvalue weighted by Gasteiger charge is -2.09. The fraction of sp³-hybridized carbons (Fsp3) is 0.167. The monoisotopic (exact) mass is 457 g/mol. The minimum absolute atomic E-state index is 0.176. The number of nitrogens with two attached hydrogens (primary N) is 1. The number of aromatic nitrogens is 6. The van der Waals surface area contributed by atoms with E-state index in [0.717, 1.165) is 43.1 Å². The van der Waals surface area contributed by atoms with Crippen LogP contribution in [0.3, 0.4) is 0 Å². The summed E-state index contributed by atoms with van der Waals surface area (Å²) in [4.78, 5) is 18.2. The molecule has 0 aliphatic carbocycles. The molecule has 0 aliphatic heterocycles. The number of fused-ring (bicyclic) bond motifs is 3. The van der Waals surface area contributed by atoms with Gasteiger partial charge in [0.05, 0.1) is 29.7 Å². The molecule has 33 heavy (non-hydrogen) atoms. The molecule has 0 amide bonds. The molecule has 0 fully saturated rings. The average Bonchev–Trinajstić information content (AvgIpc) is 3.51. The quantitative estimate of drug-likeness (QED) is 0.378. The number of hydrogen-bond acceptors (Lipinski definition) is 6. The lowest BCUT2D eigenvalue weighted by Crippen LogP contribution is -2.24. The van der Waals surface area contributed by atoms with Crippen LogP contribution in [0.1, 0.15) is 27.9 Å². The van der Waals surface area contributed by atoms with E-state index in [1.807, 2.05) is 54.9 Å². The number of aromatic amines is 1. The van der Waals surface area contributed by atoms with E-state index in [9.17, 15) is 4.79 Å². The Morgan fingerprint density at radius 1 is 1.30 bits per heavy atom. The number of hydrogen-bond donors (Lipinski definition) is 2. The summed E-state index contributed by atoms with van der Waals surface area (Å²) in [5, 5.41) is 13.1. The molecule has 0 spiro atoms. The molecule has 166 valence electrons. The first-order chi connectivity index (χ1) is 16.0. The van der Waals surface area contributed by atoms with Gasteiger partial charge in [0.2, 0.25) is 0 Å². The molecule has 0 bridgehead atoms. The van der Waals surface area contributed by atoms with E-state index in [1.165, 1.54) is 16.0 Å². The molecule has 0 radical (unpaired) electrons. The second-order valence-corrected chi connectivity index (χ2v) is 8.89. The van der Waals surface area contributed by atoms with E-state index in [2.05, 4.69) is 21.9 Å². The van der Waals surface area contributed by atoms with Gasteiger partial charge < -0.3 is 10.3 Å². The first kappa shape index (κ1) is 21.0. The van der Waals surface area contributed by atoms with Gasteiger partial charge in [-0.3, -0.25) is 9.89 Å². The number of nitrogens with zero attached hydrogens (tertiary/aromatic N) is 5. The third-order valence-corrected chi connectivity index (χ3v) is 6.94. The molecule has 1 aromatic carbocycles. The molecule has 9 heteroatoms. The van der Waals surface area contributed by atoms with Gasteiger partial charge in [-0.2, -0.15) is 10.2 Å². The lowest BCUT2D eigenvalue weighted by molar-refractivity contribution is 0.665. The molecule has 3 N–H and O–H groups in total. The fourth-order valence-corrected chi connectivity index (χ4v) is 5.20. The van der Waals surface area contributed by atoms with E-state index in [4.69, 9.17) is 10.7 Å². The number of benzene rings is 1. The van der Waals surface area contributed by atoms with Crippen LogP contribution in [-0.2, 0) is 13.6 Å². The predicted octanol–water partition coefficient (Wildman–Crippen LogP) is 3.69. The zero-order valence-electron chi connectivity index (χ0n) is 18.3. The van der Waals surface area contributed by atoms with Crippen LogP contribution in [0.4, 0.5) is 0 Å². The van der Waals surface area contributed by atoms with Gasteiger partial charge in [0.25, 0.3) is 5.56 Å². The summed E-state index contributed by atoms with van der Waals surface area (Å²) < 4.78 is 4.21. The Bertz CT molecular complexity index is 1570. The van der Waals surface area contributed by atoms with Crippen LogP contribution >= 0.6 is 11.3 Å². The highest BCUT2D eigenvalue weighted by Gasteiger charge is 2.21. The van der Waals surface area contributed by atoms with E-state index in [0.29, 0.717) is 12.1 Å². The minimum Gasteiger partial charge on any atom is -0.323 e. The molecule has 5 aromatic rings. The summed E-state index contributed by atoms with van der Waals surface area (Å²) in [5.74, 6) is 0. The standard InChI is InChI=1S/C24H23N7OS/c1-4-8-16(17-11-26-29-14(17)2)13-31-24(32)20-18(12-27-31)21-22(30(20)3)28-23(33-21)19(25)15-9-6-5-7-10-15/h4-12,19H,1,13,25H2,2-3H3,(H,26,29)/b16-8-. The van der Waals surface area contributed by atoms with Gasteiger partial charge in [0.1, 0.15) is 10.5 Å². The SMILES string of the molecule is C=C/C=C(/Cn1ncc2c3sc(C(N)c4ccccc4)nc3n(C)c2c1=O)c1cn[nH]c1C. The smallest absolute Gasteiger partial charge is 0.291 e. The topological polar surface area (TPSA) is 107 Å². The van der Waals surface area contributed by atoms with Crippen LogP contribution < -0.4 is 11.3 Å². The van der Waals surface area contributed by atoms with Gasteiger partial charge in [-0.25, -0.2) is 9.67 Å². The van der Waals surface area contributed by atoms with Crippen molar-refractivity contribution in [3.05, 3.63) is 93.6 Å². The van der Waals surface area contributed by atoms with Crippen LogP contribution in [0.25, 0.3) is 26.8 Å². The van der Waals surface area contributed by atoms with Crippen molar-refractivity contribution in [1.82, 2.24) is 29.5 Å². The van der Waals surface area contributed by atoms with Gasteiger partial charge in [-0.05, 0) is 18.1 Å². The Labute approximate surface area is 193 Å². The summed E-state index contributed by atoms with van der Waals surface area (Å²) in [6.07, 6.45) is 7.06. The second-order valence-electron chi connectivity index (χ2n) is 7.86. The third-order valence-electron chi connectivity index (χ3n) is 5.78. The zero-order valence-corrected chi connectivity index (χ0v) is 19.1. The van der Waals surface area contributed by atoms with Gasteiger partial charge in [-0.1, -0.05) is 49.1 Å². The van der Waals surface area contributed by atoms with E-state index >= 15 is 0 Å². The van der Waals surface area contributed by atoms with Crippen molar-refractivity contribution in [1.29, 1.82) is 0 Å². The highest BCUT2D eigenvalue weighted by molar-refractivity contribution is 7.19. The van der Waals surface area contributed by atoms with Gasteiger partial charge in [0.15, 0.2) is 5.65 Å². The number of rotatable bonds is 6. The largest absolute Gasteiger partial charge is 0.323 e. The zero-order chi connectivity index (χ0) is 23.1. The van der Waals surface area contributed by atoms with Crippen molar-refractivity contribution < 1.29 is 0 Å². The number of nitrogens with one attached hydrogen (secondary N) is 1. The Kier molecular flexibility index (Phi) is 5.27. The van der Waals surface area contributed by atoms with Crippen LogP contribution in [0.15, 0.2) is 66.3 Å². The maximum absolute atomic E-state index is 13.4. The first-order valence-corrected chi connectivity index (χ1v) is 11.3. The number of allylic oxidation sites excluding steroid dienone is 3. The Morgan fingerprint density at radius 2 is 2.09 bits per heavy atom. The van der Waals surface area contributed by atoms with Crippen LogP contribution in [0, 0.1) is 6.92 Å². The van der Waals surface area contributed by atoms with Crippen molar-refractivity contribution in [2.45, 2.75) is 19.5 Å². The first-order valence-electron chi connectivity index (χ1n) is 10.5. The van der Waals surface area contributed by atoms with E-state index < -0.39 is 0 Å². The maximum atomic E-state index is 13.4. The summed E-state index contributed by atoms with van der Waals surface area (Å²) in [6.45, 7) is 6.04. The summed E-state index contributed by atoms with van der Waals surface area (Å²) in [7, 11) is 1.86. The molecule has 1 unspecified atom stereocenters. The molecular formula is C24H23N7OS. The molecule has 8 nitrogen and oxygen atoms in total. The lowest BCUT2D eigenvalue weighted by atomic mass is 10.1. The highest BCUT2D eigenvalue weighted by Crippen LogP contribution is 2.34. The second kappa shape index (κ2) is 8.27. The van der Waals surface area contributed by atoms with Crippen molar-refractivity contribution in [2.24, 2.45) is 12.8 Å². The molecule has 0 aliphatic rings. The molecule has 4 aromatic heterocycles. The van der Waals surface area contributed by atoms with Gasteiger partial charge in [0, 0.05) is 23.7 Å². The molecule has 0 saturated heterocycles. The molecule has 5 rings (SSSR count). The molecule has 4 heterocycles. The van der Waals surface area contributed by atoms with Gasteiger partial charge in [-0.15, -0.1) is 11.3 Å². The maximum Gasteiger partial charge on any atom is 0.291 e. The van der Waals surface area contributed by atoms with Gasteiger partial charge >= 0.3 is 0 Å². The van der Waals surface area contributed by atoms with Crippen molar-refractivity contribution in [2.75, 3.05) is 0 Å². The average molecular weight is 458 g/mol. The van der Waals surface area contributed by atoms with Crippen molar-refractivity contribution >= 4 is 38.2 Å². The Balaban J connectivity index is 1.58. The minimum atomic E-state index is -0.322. The molecule has 0 saturated carbocycles. The fourth-order valence-electron chi connectivity index (χ4n) is 4.06.